The van der Waals surface area contributed by atoms with Crippen LogP contribution in [0.1, 0.15) is 12.0 Å². The Bertz CT molecular complexity index is 788. The Morgan fingerprint density at radius 1 is 1.11 bits per heavy atom. The maximum Gasteiger partial charge on any atom is 0.234 e. The average Bonchev–Trinajstić information content (AvgIpc) is 2.67. The van der Waals surface area contributed by atoms with Crippen molar-refractivity contribution in [3.8, 4) is 23.3 Å². The zero-order chi connectivity index (χ0) is 19.5. The second-order valence-electron chi connectivity index (χ2n) is 5.56. The van der Waals surface area contributed by atoms with Crippen LogP contribution in [0, 0.1) is 17.1 Å². The van der Waals surface area contributed by atoms with Gasteiger partial charge in [0.1, 0.15) is 42.7 Å². The molecule has 0 radical (unpaired) electrons. The van der Waals surface area contributed by atoms with Gasteiger partial charge < -0.3 is 19.5 Å². The number of carbonyl (C=O) groups excluding carboxylic acids is 1. The first kappa shape index (κ1) is 20.0. The van der Waals surface area contributed by atoms with Crippen molar-refractivity contribution in [2.45, 2.75) is 12.8 Å². The highest BCUT2D eigenvalue weighted by Gasteiger charge is 2.08. The molecular formula is C20H21FN2O4. The Morgan fingerprint density at radius 3 is 2.52 bits per heavy atom. The van der Waals surface area contributed by atoms with Crippen molar-refractivity contribution in [1.29, 1.82) is 5.26 Å². The Morgan fingerprint density at radius 2 is 1.81 bits per heavy atom. The minimum absolute atomic E-state index is 0.160. The van der Waals surface area contributed by atoms with E-state index < -0.39 is 0 Å². The van der Waals surface area contributed by atoms with E-state index in [0.29, 0.717) is 43.4 Å². The molecule has 1 N–H and O–H groups in total. The van der Waals surface area contributed by atoms with Crippen LogP contribution >= 0.6 is 0 Å². The maximum atomic E-state index is 12.9. The highest BCUT2D eigenvalue weighted by Crippen LogP contribution is 2.25. The van der Waals surface area contributed by atoms with Crippen LogP contribution in [0.5, 0.6) is 17.2 Å². The van der Waals surface area contributed by atoms with Crippen molar-refractivity contribution in [2.75, 3.05) is 26.9 Å². The molecule has 0 aliphatic heterocycles. The molecule has 0 saturated carbocycles. The molecule has 0 saturated heterocycles. The highest BCUT2D eigenvalue weighted by atomic mass is 19.1. The third kappa shape index (κ3) is 6.86. The van der Waals surface area contributed by atoms with Crippen LogP contribution in [0.2, 0.25) is 0 Å². The van der Waals surface area contributed by atoms with Crippen LogP contribution in [0.4, 0.5) is 4.39 Å². The number of nitriles is 1. The second-order valence-corrected chi connectivity index (χ2v) is 5.56. The number of halogens is 1. The van der Waals surface area contributed by atoms with Gasteiger partial charge in [-0.15, -0.1) is 0 Å². The molecule has 0 fully saturated rings. The van der Waals surface area contributed by atoms with Gasteiger partial charge in [0.25, 0.3) is 0 Å². The summed E-state index contributed by atoms with van der Waals surface area (Å²) < 4.78 is 29.4. The van der Waals surface area contributed by atoms with Crippen molar-refractivity contribution >= 4 is 5.91 Å². The number of nitrogens with one attached hydrogen (secondary N) is 1. The Kier molecular flexibility index (Phi) is 7.92. The van der Waals surface area contributed by atoms with Crippen molar-refractivity contribution in [1.82, 2.24) is 5.32 Å². The molecule has 142 valence electrons. The number of methoxy groups -OCH3 is 1. The van der Waals surface area contributed by atoms with Gasteiger partial charge in [0.15, 0.2) is 0 Å². The number of benzene rings is 2. The fourth-order valence-corrected chi connectivity index (χ4v) is 2.32. The SMILES string of the molecule is COc1ccc(CCNC(=O)CC#N)c(OCCOc2ccc(F)cc2)c1. The van der Waals surface area contributed by atoms with E-state index in [0.717, 1.165) is 5.56 Å². The maximum absolute atomic E-state index is 12.9. The molecule has 1 amide bonds. The van der Waals surface area contributed by atoms with Crippen LogP contribution in [0.15, 0.2) is 42.5 Å². The van der Waals surface area contributed by atoms with Crippen molar-refractivity contribution < 1.29 is 23.4 Å². The number of nitrogens with zero attached hydrogens (tertiary/aromatic N) is 1. The number of carbonyl (C=O) groups is 1. The van der Waals surface area contributed by atoms with E-state index in [2.05, 4.69) is 5.32 Å². The molecule has 2 aromatic rings. The third-order valence-electron chi connectivity index (χ3n) is 3.65. The zero-order valence-corrected chi connectivity index (χ0v) is 15.0. The quantitative estimate of drug-likeness (QED) is 0.649. The lowest BCUT2D eigenvalue weighted by Crippen LogP contribution is -2.25. The average molecular weight is 372 g/mol. The smallest absolute Gasteiger partial charge is 0.234 e. The molecule has 0 bridgehead atoms. The summed E-state index contributed by atoms with van der Waals surface area (Å²) >= 11 is 0. The minimum atomic E-state index is -0.318. The zero-order valence-electron chi connectivity index (χ0n) is 15.0. The number of rotatable bonds is 10. The Labute approximate surface area is 157 Å². The summed E-state index contributed by atoms with van der Waals surface area (Å²) in [4.78, 5) is 11.4. The van der Waals surface area contributed by atoms with E-state index in [9.17, 15) is 9.18 Å². The highest BCUT2D eigenvalue weighted by molar-refractivity contribution is 5.77. The molecule has 0 heterocycles. The van der Waals surface area contributed by atoms with Crippen LogP contribution in [-0.2, 0) is 11.2 Å². The van der Waals surface area contributed by atoms with Crippen LogP contribution in [-0.4, -0.2) is 32.8 Å². The van der Waals surface area contributed by atoms with Gasteiger partial charge in [-0.05, 0) is 42.3 Å². The number of ether oxygens (including phenoxy) is 3. The number of hydrogen-bond acceptors (Lipinski definition) is 5. The lowest BCUT2D eigenvalue weighted by molar-refractivity contribution is -0.120. The van der Waals surface area contributed by atoms with Gasteiger partial charge in [0.05, 0.1) is 13.2 Å². The molecule has 0 spiro atoms. The van der Waals surface area contributed by atoms with E-state index in [1.165, 1.54) is 12.1 Å². The Balaban J connectivity index is 1.88. The first-order valence-electron chi connectivity index (χ1n) is 8.44. The molecule has 6 nitrogen and oxygen atoms in total. The molecule has 0 aliphatic rings. The van der Waals surface area contributed by atoms with E-state index in [1.54, 1.807) is 31.4 Å². The summed E-state index contributed by atoms with van der Waals surface area (Å²) in [6.07, 6.45) is 0.391. The van der Waals surface area contributed by atoms with Crippen LogP contribution in [0.3, 0.4) is 0 Å². The lowest BCUT2D eigenvalue weighted by atomic mass is 10.1. The molecule has 2 rings (SSSR count). The monoisotopic (exact) mass is 372 g/mol. The summed E-state index contributed by atoms with van der Waals surface area (Å²) in [5.41, 5.74) is 0.898. The summed E-state index contributed by atoms with van der Waals surface area (Å²) in [7, 11) is 1.57. The van der Waals surface area contributed by atoms with E-state index in [1.807, 2.05) is 12.1 Å². The lowest BCUT2D eigenvalue weighted by Gasteiger charge is -2.14. The van der Waals surface area contributed by atoms with Gasteiger partial charge in [-0.25, -0.2) is 4.39 Å². The van der Waals surface area contributed by atoms with Crippen LogP contribution < -0.4 is 19.5 Å². The normalized spacial score (nSPS) is 9.96. The fourth-order valence-electron chi connectivity index (χ4n) is 2.32. The van der Waals surface area contributed by atoms with Crippen molar-refractivity contribution in [3.05, 3.63) is 53.8 Å². The predicted molar refractivity (Wildman–Crippen MR) is 97.3 cm³/mol. The number of hydrogen-bond donors (Lipinski definition) is 1. The van der Waals surface area contributed by atoms with Gasteiger partial charge in [-0.3, -0.25) is 4.79 Å². The molecule has 0 unspecified atom stereocenters. The Hall–Kier alpha value is -3.27. The number of amides is 1. The molecule has 0 atom stereocenters. The largest absolute Gasteiger partial charge is 0.497 e. The first-order valence-corrected chi connectivity index (χ1v) is 8.44. The molecule has 7 heteroatoms. The first-order chi connectivity index (χ1) is 13.1. The molecule has 0 aliphatic carbocycles. The van der Waals surface area contributed by atoms with E-state index in [4.69, 9.17) is 19.5 Å². The molecule has 2 aromatic carbocycles. The van der Waals surface area contributed by atoms with E-state index >= 15 is 0 Å². The molecular weight excluding hydrogens is 351 g/mol. The fraction of sp³-hybridized carbons (Fsp3) is 0.300. The summed E-state index contributed by atoms with van der Waals surface area (Å²) in [6.45, 7) is 0.981. The topological polar surface area (TPSA) is 80.6 Å². The molecule has 0 aromatic heterocycles. The third-order valence-corrected chi connectivity index (χ3v) is 3.65. The minimum Gasteiger partial charge on any atom is -0.497 e. The molecule has 27 heavy (non-hydrogen) atoms. The van der Waals surface area contributed by atoms with E-state index in [-0.39, 0.29) is 18.1 Å². The van der Waals surface area contributed by atoms with Gasteiger partial charge in [0, 0.05) is 12.6 Å². The second kappa shape index (κ2) is 10.7. The van der Waals surface area contributed by atoms with Gasteiger partial charge in [-0.1, -0.05) is 6.07 Å². The summed E-state index contributed by atoms with van der Waals surface area (Å²) in [5, 5.41) is 11.2. The van der Waals surface area contributed by atoms with Gasteiger partial charge in [-0.2, -0.15) is 5.26 Å². The van der Waals surface area contributed by atoms with Crippen molar-refractivity contribution in [2.24, 2.45) is 0 Å². The van der Waals surface area contributed by atoms with Crippen molar-refractivity contribution in [3.63, 3.8) is 0 Å². The standard InChI is InChI=1S/C20H21FN2O4/c1-25-18-5-2-15(9-11-23-20(24)8-10-22)19(14-18)27-13-12-26-17-6-3-16(21)4-7-17/h2-7,14H,8-9,11-13H2,1H3,(H,23,24). The summed E-state index contributed by atoms with van der Waals surface area (Å²) in [5.74, 6) is 1.22. The predicted octanol–water partition coefficient (Wildman–Crippen LogP) is 2.86. The van der Waals surface area contributed by atoms with Gasteiger partial charge >= 0.3 is 0 Å². The van der Waals surface area contributed by atoms with Crippen LogP contribution in [0.25, 0.3) is 0 Å². The van der Waals surface area contributed by atoms with Gasteiger partial charge in [0.2, 0.25) is 5.91 Å². The summed E-state index contributed by atoms with van der Waals surface area (Å²) in [6, 6.07) is 13.0.